The number of nitro groups is 1. The molecule has 0 amide bonds. The topological polar surface area (TPSA) is 56.0 Å². The van der Waals surface area contributed by atoms with Crippen LogP contribution in [-0.4, -0.2) is 9.91 Å². The van der Waals surface area contributed by atoms with Gasteiger partial charge in [0.05, 0.1) is 11.1 Å². The molecule has 0 aliphatic carbocycles. The molecule has 0 spiro atoms. The molecule has 0 unspecified atom stereocenters. The molecule has 0 aromatic carbocycles. The lowest BCUT2D eigenvalue weighted by Gasteiger charge is -2.01. The average molecular weight is 243 g/mol. The first-order valence-electron chi connectivity index (χ1n) is 3.22. The van der Waals surface area contributed by atoms with Gasteiger partial charge in [-0.2, -0.15) is 0 Å². The van der Waals surface area contributed by atoms with Crippen molar-refractivity contribution in [1.82, 2.24) is 4.98 Å². The molecule has 1 rings (SSSR count). The molecule has 0 aliphatic heterocycles. The van der Waals surface area contributed by atoms with E-state index >= 15 is 0 Å². The minimum Gasteiger partial charge on any atom is -0.358 e. The first-order chi connectivity index (χ1) is 6.43. The van der Waals surface area contributed by atoms with Crippen molar-refractivity contribution in [3.8, 4) is 0 Å². The normalized spacial score (nSPS) is 10.6. The Morgan fingerprint density at radius 1 is 1.50 bits per heavy atom. The highest BCUT2D eigenvalue weighted by Crippen LogP contribution is 2.34. The maximum absolute atomic E-state index is 12.2. The Morgan fingerprint density at radius 3 is 2.43 bits per heavy atom. The first-order valence-corrected chi connectivity index (χ1v) is 3.97. The van der Waals surface area contributed by atoms with Crippen LogP contribution in [-0.2, 0) is 0 Å². The van der Waals surface area contributed by atoms with E-state index in [1.807, 2.05) is 0 Å². The summed E-state index contributed by atoms with van der Waals surface area (Å²) < 4.78 is 24.5. The van der Waals surface area contributed by atoms with Gasteiger partial charge in [0.15, 0.2) is 0 Å². The quantitative estimate of drug-likeness (QED) is 0.455. The zero-order valence-electron chi connectivity index (χ0n) is 6.38. The number of aromatic nitrogens is 1. The molecule has 0 N–H and O–H groups in total. The summed E-state index contributed by atoms with van der Waals surface area (Å²) in [4.78, 5) is 12.5. The summed E-state index contributed by atoms with van der Waals surface area (Å²) in [5.41, 5.74) is -0.695. The molecule has 0 saturated carbocycles. The molecule has 0 radical (unpaired) electrons. The van der Waals surface area contributed by atoms with Crippen molar-refractivity contribution in [3.05, 3.63) is 31.9 Å². The fourth-order valence-electron chi connectivity index (χ4n) is 0.771. The largest absolute Gasteiger partial charge is 0.366 e. The van der Waals surface area contributed by atoms with E-state index in [0.717, 1.165) is 6.07 Å². The van der Waals surface area contributed by atoms with Gasteiger partial charge < -0.3 is 10.1 Å². The van der Waals surface area contributed by atoms with E-state index in [0.29, 0.717) is 0 Å². The van der Waals surface area contributed by atoms with Gasteiger partial charge in [-0.3, -0.25) is 0 Å². The van der Waals surface area contributed by atoms with Gasteiger partial charge in [0.25, 0.3) is 11.6 Å². The molecule has 0 bridgehead atoms. The first kappa shape index (κ1) is 11.1. The Labute approximate surface area is 86.6 Å². The molecule has 0 aliphatic rings. The van der Waals surface area contributed by atoms with E-state index in [2.05, 4.69) is 4.98 Å². The predicted octanol–water partition coefficient (Wildman–Crippen LogP) is 3.23. The molecule has 0 saturated heterocycles. The standard InChI is InChI=1S/C6H2Cl2F2N2O2/c7-2-1-3(12(13)14)11-5(8)4(2)6(9)10/h1,6H. The lowest BCUT2D eigenvalue weighted by molar-refractivity contribution is -0.389. The minimum atomic E-state index is -2.91. The van der Waals surface area contributed by atoms with E-state index in [1.54, 1.807) is 0 Å². The van der Waals surface area contributed by atoms with E-state index in [4.69, 9.17) is 23.2 Å². The zero-order chi connectivity index (χ0) is 10.9. The van der Waals surface area contributed by atoms with Crippen LogP contribution < -0.4 is 0 Å². The second kappa shape index (κ2) is 4.02. The molecule has 0 atom stereocenters. The van der Waals surface area contributed by atoms with Crippen LogP contribution in [0.4, 0.5) is 14.6 Å². The van der Waals surface area contributed by atoms with Gasteiger partial charge in [0.2, 0.25) is 0 Å². The maximum Gasteiger partial charge on any atom is 0.366 e. The monoisotopic (exact) mass is 242 g/mol. The van der Waals surface area contributed by atoms with Gasteiger partial charge in [-0.05, 0) is 21.5 Å². The molecule has 1 aromatic rings. The number of pyridine rings is 1. The number of halogens is 4. The van der Waals surface area contributed by atoms with Crippen LogP contribution in [0.15, 0.2) is 6.07 Å². The Bertz CT molecular complexity index is 363. The van der Waals surface area contributed by atoms with Gasteiger partial charge in [-0.1, -0.05) is 11.6 Å². The number of hydrogen-bond acceptors (Lipinski definition) is 3. The van der Waals surface area contributed by atoms with Crippen LogP contribution >= 0.6 is 23.2 Å². The molecule has 1 aromatic heterocycles. The van der Waals surface area contributed by atoms with Crippen molar-refractivity contribution in [2.75, 3.05) is 0 Å². The maximum atomic E-state index is 12.2. The molecule has 8 heteroatoms. The summed E-state index contributed by atoms with van der Waals surface area (Å²) in [5, 5.41) is 9.11. The second-order valence-electron chi connectivity index (χ2n) is 2.22. The van der Waals surface area contributed by atoms with Crippen molar-refractivity contribution in [2.45, 2.75) is 6.43 Å². The smallest absolute Gasteiger partial charge is 0.358 e. The van der Waals surface area contributed by atoms with Gasteiger partial charge >= 0.3 is 5.82 Å². The molecule has 76 valence electrons. The van der Waals surface area contributed by atoms with Gasteiger partial charge in [0.1, 0.15) is 5.56 Å². The summed E-state index contributed by atoms with van der Waals surface area (Å²) in [6, 6.07) is 0.731. The summed E-state index contributed by atoms with van der Waals surface area (Å²) in [7, 11) is 0. The SMILES string of the molecule is O=[N+]([O-])c1cc(Cl)c(C(F)F)c(Cl)n1. The Morgan fingerprint density at radius 2 is 2.07 bits per heavy atom. The lowest BCUT2D eigenvalue weighted by atomic mass is 10.3. The van der Waals surface area contributed by atoms with Crippen LogP contribution in [0.3, 0.4) is 0 Å². The van der Waals surface area contributed by atoms with E-state index in [-0.39, 0.29) is 0 Å². The van der Waals surface area contributed by atoms with Crippen LogP contribution in [0.1, 0.15) is 12.0 Å². The fourth-order valence-corrected chi connectivity index (χ4v) is 1.36. The van der Waals surface area contributed by atoms with Gasteiger partial charge in [-0.25, -0.2) is 8.78 Å². The van der Waals surface area contributed by atoms with Crippen molar-refractivity contribution in [1.29, 1.82) is 0 Å². The average Bonchev–Trinajstić information content (AvgIpc) is 2.01. The molecule has 4 nitrogen and oxygen atoms in total. The van der Waals surface area contributed by atoms with E-state index in [1.165, 1.54) is 0 Å². The van der Waals surface area contributed by atoms with Crippen molar-refractivity contribution < 1.29 is 13.7 Å². The summed E-state index contributed by atoms with van der Waals surface area (Å²) in [6.45, 7) is 0. The number of rotatable bonds is 2. The molecule has 1 heterocycles. The van der Waals surface area contributed by atoms with Crippen LogP contribution in [0.2, 0.25) is 10.2 Å². The lowest BCUT2D eigenvalue weighted by Crippen LogP contribution is -1.97. The number of alkyl halides is 2. The Kier molecular flexibility index (Phi) is 3.17. The fraction of sp³-hybridized carbons (Fsp3) is 0.167. The summed E-state index contributed by atoms with van der Waals surface area (Å²) in [5.74, 6) is -0.663. The highest BCUT2D eigenvalue weighted by Gasteiger charge is 2.24. The van der Waals surface area contributed by atoms with Crippen LogP contribution in [0, 0.1) is 10.1 Å². The van der Waals surface area contributed by atoms with Gasteiger partial charge in [0, 0.05) is 0 Å². The molecular weight excluding hydrogens is 241 g/mol. The van der Waals surface area contributed by atoms with Crippen molar-refractivity contribution >= 4 is 29.0 Å². The third kappa shape index (κ3) is 2.08. The molecule has 0 fully saturated rings. The Hall–Kier alpha value is -1.01. The third-order valence-corrected chi connectivity index (χ3v) is 1.95. The zero-order valence-corrected chi connectivity index (χ0v) is 7.89. The highest BCUT2D eigenvalue weighted by atomic mass is 35.5. The van der Waals surface area contributed by atoms with Crippen LogP contribution in [0.25, 0.3) is 0 Å². The molecular formula is C6H2Cl2F2N2O2. The number of hydrogen-bond donors (Lipinski definition) is 0. The van der Waals surface area contributed by atoms with Crippen molar-refractivity contribution in [2.24, 2.45) is 0 Å². The van der Waals surface area contributed by atoms with Crippen LogP contribution in [0.5, 0.6) is 0 Å². The van der Waals surface area contributed by atoms with Gasteiger partial charge in [-0.15, -0.1) is 0 Å². The number of nitrogens with zero attached hydrogens (tertiary/aromatic N) is 2. The highest BCUT2D eigenvalue weighted by molar-refractivity contribution is 6.35. The third-order valence-electron chi connectivity index (χ3n) is 1.35. The summed E-state index contributed by atoms with van der Waals surface area (Å²) in [6.07, 6.45) is -2.91. The van der Waals surface area contributed by atoms with Crippen molar-refractivity contribution in [3.63, 3.8) is 0 Å². The van der Waals surface area contributed by atoms with E-state index in [9.17, 15) is 18.9 Å². The minimum absolute atomic E-state index is 0.466. The second-order valence-corrected chi connectivity index (χ2v) is 2.99. The summed E-state index contributed by atoms with van der Waals surface area (Å²) >= 11 is 10.7. The Balaban J connectivity index is 3.32. The molecule has 14 heavy (non-hydrogen) atoms. The van der Waals surface area contributed by atoms with E-state index < -0.39 is 32.9 Å². The predicted molar refractivity (Wildman–Crippen MR) is 45.9 cm³/mol.